The maximum atomic E-state index is 12.2. The average molecular weight is 350 g/mol. The van der Waals surface area contributed by atoms with Crippen LogP contribution in [0.2, 0.25) is 0 Å². The van der Waals surface area contributed by atoms with Gasteiger partial charge in [0.05, 0.1) is 23.9 Å². The highest BCUT2D eigenvalue weighted by atomic mass is 32.1. The first-order valence-electron chi connectivity index (χ1n) is 7.56. The molecule has 4 aromatic rings. The predicted octanol–water partition coefficient (Wildman–Crippen LogP) is 3.05. The molecule has 1 amide bonds. The molecule has 1 N–H and O–H groups in total. The monoisotopic (exact) mass is 350 g/mol. The molecule has 124 valence electrons. The van der Waals surface area contributed by atoms with Crippen LogP contribution in [0.15, 0.2) is 42.4 Å². The Morgan fingerprint density at radius 2 is 2.00 bits per heavy atom. The zero-order valence-corrected chi connectivity index (χ0v) is 14.4. The molecule has 0 bridgehead atoms. The van der Waals surface area contributed by atoms with E-state index in [4.69, 9.17) is 0 Å². The Morgan fingerprint density at radius 1 is 1.16 bits per heavy atom. The summed E-state index contributed by atoms with van der Waals surface area (Å²) >= 11 is 1.31. The molecule has 4 heterocycles. The van der Waals surface area contributed by atoms with E-state index < -0.39 is 0 Å². The number of anilines is 1. The second-order valence-corrected chi connectivity index (χ2v) is 6.48. The number of pyridine rings is 2. The first kappa shape index (κ1) is 15.4. The minimum absolute atomic E-state index is 0.258. The molecule has 0 saturated heterocycles. The van der Waals surface area contributed by atoms with Gasteiger partial charge in [-0.05, 0) is 24.4 Å². The van der Waals surface area contributed by atoms with E-state index in [2.05, 4.69) is 25.3 Å². The van der Waals surface area contributed by atoms with Crippen LogP contribution in [0, 0.1) is 6.92 Å². The lowest BCUT2D eigenvalue weighted by Crippen LogP contribution is -2.12. The SMILES string of the molecule is Cc1csc(C(=O)Nc2cc3cc(-c4cncn4C)ncc3cn2)n1. The number of carbonyl (C=O) groups excluding carboxylic acids is 1. The van der Waals surface area contributed by atoms with E-state index in [1.165, 1.54) is 11.3 Å². The fourth-order valence-electron chi connectivity index (χ4n) is 2.48. The van der Waals surface area contributed by atoms with Crippen LogP contribution >= 0.6 is 11.3 Å². The molecular weight excluding hydrogens is 336 g/mol. The Balaban J connectivity index is 1.67. The third kappa shape index (κ3) is 2.99. The number of hydrogen-bond acceptors (Lipinski definition) is 6. The molecule has 0 atom stereocenters. The van der Waals surface area contributed by atoms with Crippen molar-refractivity contribution in [3.8, 4) is 11.4 Å². The third-order valence-electron chi connectivity index (χ3n) is 3.74. The Kier molecular flexibility index (Phi) is 3.73. The fourth-order valence-corrected chi connectivity index (χ4v) is 3.17. The lowest BCUT2D eigenvalue weighted by molar-refractivity contribution is 0.102. The van der Waals surface area contributed by atoms with Gasteiger partial charge in [0.25, 0.3) is 5.91 Å². The molecular formula is C17H14N6OS. The molecule has 4 rings (SSSR count). The summed E-state index contributed by atoms with van der Waals surface area (Å²) in [6.07, 6.45) is 6.96. The van der Waals surface area contributed by atoms with Gasteiger partial charge in [0.1, 0.15) is 5.82 Å². The van der Waals surface area contributed by atoms with Gasteiger partial charge in [-0.2, -0.15) is 0 Å². The predicted molar refractivity (Wildman–Crippen MR) is 96.5 cm³/mol. The van der Waals surface area contributed by atoms with Crippen LogP contribution in [0.25, 0.3) is 22.2 Å². The van der Waals surface area contributed by atoms with Gasteiger partial charge in [-0.3, -0.25) is 9.78 Å². The second kappa shape index (κ2) is 6.06. The zero-order chi connectivity index (χ0) is 17.4. The lowest BCUT2D eigenvalue weighted by atomic mass is 10.1. The molecule has 7 nitrogen and oxygen atoms in total. The number of hydrogen-bond donors (Lipinski definition) is 1. The van der Waals surface area contributed by atoms with Crippen LogP contribution < -0.4 is 5.32 Å². The standard InChI is InChI=1S/C17H14N6OS/c1-10-8-25-17(21-10)16(24)22-15-4-11-3-13(14-7-18-9-23(14)2)19-5-12(11)6-20-15/h3-9H,1-2H3,(H,20,22,24). The summed E-state index contributed by atoms with van der Waals surface area (Å²) in [6, 6.07) is 3.78. The minimum atomic E-state index is -0.258. The summed E-state index contributed by atoms with van der Waals surface area (Å²) in [6.45, 7) is 1.86. The van der Waals surface area contributed by atoms with E-state index in [1.54, 1.807) is 24.9 Å². The summed E-state index contributed by atoms with van der Waals surface area (Å²) in [5.74, 6) is 0.221. The number of nitrogens with one attached hydrogen (secondary N) is 1. The summed E-state index contributed by atoms with van der Waals surface area (Å²) in [5.41, 5.74) is 2.56. The van der Waals surface area contributed by atoms with E-state index in [-0.39, 0.29) is 5.91 Å². The number of carbonyl (C=O) groups is 1. The van der Waals surface area contributed by atoms with Crippen molar-refractivity contribution in [2.75, 3.05) is 5.32 Å². The van der Waals surface area contributed by atoms with Crippen molar-refractivity contribution in [2.24, 2.45) is 7.05 Å². The van der Waals surface area contributed by atoms with Crippen molar-refractivity contribution < 1.29 is 4.79 Å². The van der Waals surface area contributed by atoms with E-state index in [0.717, 1.165) is 27.9 Å². The Hall–Kier alpha value is -3.13. The van der Waals surface area contributed by atoms with Crippen LogP contribution in [0.1, 0.15) is 15.5 Å². The molecule has 8 heteroatoms. The molecule has 0 aliphatic carbocycles. The first-order valence-corrected chi connectivity index (χ1v) is 8.44. The van der Waals surface area contributed by atoms with Crippen molar-refractivity contribution in [1.82, 2.24) is 24.5 Å². The van der Waals surface area contributed by atoms with Gasteiger partial charge in [-0.25, -0.2) is 15.0 Å². The highest BCUT2D eigenvalue weighted by Crippen LogP contribution is 2.23. The highest BCUT2D eigenvalue weighted by Gasteiger charge is 2.12. The highest BCUT2D eigenvalue weighted by molar-refractivity contribution is 7.11. The molecule has 0 aliphatic rings. The fraction of sp³-hybridized carbons (Fsp3) is 0.118. The summed E-state index contributed by atoms with van der Waals surface area (Å²) in [5, 5.41) is 6.89. The summed E-state index contributed by atoms with van der Waals surface area (Å²) in [4.78, 5) is 29.3. The summed E-state index contributed by atoms with van der Waals surface area (Å²) < 4.78 is 1.91. The van der Waals surface area contributed by atoms with Gasteiger partial charge in [0.15, 0.2) is 5.01 Å². The van der Waals surface area contributed by atoms with Crippen LogP contribution in [-0.2, 0) is 7.05 Å². The van der Waals surface area contributed by atoms with Crippen molar-refractivity contribution in [2.45, 2.75) is 6.92 Å². The first-order chi connectivity index (χ1) is 12.1. The lowest BCUT2D eigenvalue weighted by Gasteiger charge is -2.06. The normalized spacial score (nSPS) is 11.0. The minimum Gasteiger partial charge on any atom is -0.332 e. The van der Waals surface area contributed by atoms with Gasteiger partial charge >= 0.3 is 0 Å². The van der Waals surface area contributed by atoms with E-state index >= 15 is 0 Å². The molecule has 0 radical (unpaired) electrons. The van der Waals surface area contributed by atoms with Crippen LogP contribution in [0.3, 0.4) is 0 Å². The van der Waals surface area contributed by atoms with Gasteiger partial charge in [0, 0.05) is 35.9 Å². The van der Waals surface area contributed by atoms with E-state index in [1.807, 2.05) is 36.1 Å². The van der Waals surface area contributed by atoms with E-state index in [9.17, 15) is 4.79 Å². The number of amides is 1. The average Bonchev–Trinajstić information content (AvgIpc) is 3.22. The van der Waals surface area contributed by atoms with Crippen molar-refractivity contribution in [3.05, 3.63) is 53.1 Å². The Morgan fingerprint density at radius 3 is 2.72 bits per heavy atom. The van der Waals surface area contributed by atoms with Crippen LogP contribution in [-0.4, -0.2) is 30.4 Å². The molecule has 25 heavy (non-hydrogen) atoms. The van der Waals surface area contributed by atoms with Crippen molar-refractivity contribution >= 4 is 33.8 Å². The van der Waals surface area contributed by atoms with Gasteiger partial charge in [-0.15, -0.1) is 11.3 Å². The zero-order valence-electron chi connectivity index (χ0n) is 13.6. The van der Waals surface area contributed by atoms with Gasteiger partial charge in [0.2, 0.25) is 0 Å². The van der Waals surface area contributed by atoms with Crippen LogP contribution in [0.5, 0.6) is 0 Å². The van der Waals surface area contributed by atoms with Crippen LogP contribution in [0.4, 0.5) is 5.82 Å². The number of fused-ring (bicyclic) bond motifs is 1. The molecule has 4 aromatic heterocycles. The molecule has 0 fully saturated rings. The maximum Gasteiger partial charge on any atom is 0.285 e. The second-order valence-electron chi connectivity index (χ2n) is 5.62. The molecule has 0 aliphatic heterocycles. The number of thiazole rings is 1. The maximum absolute atomic E-state index is 12.2. The number of nitrogens with zero attached hydrogens (tertiary/aromatic N) is 5. The van der Waals surface area contributed by atoms with Crippen molar-refractivity contribution in [1.29, 1.82) is 0 Å². The molecule has 0 unspecified atom stereocenters. The molecule has 0 spiro atoms. The number of aromatic nitrogens is 5. The molecule has 0 saturated carbocycles. The van der Waals surface area contributed by atoms with Gasteiger partial charge < -0.3 is 9.88 Å². The molecule has 0 aromatic carbocycles. The third-order valence-corrected chi connectivity index (χ3v) is 4.70. The van der Waals surface area contributed by atoms with E-state index in [0.29, 0.717) is 10.8 Å². The number of aryl methyl sites for hydroxylation is 2. The summed E-state index contributed by atoms with van der Waals surface area (Å²) in [7, 11) is 1.92. The topological polar surface area (TPSA) is 85.6 Å². The Bertz CT molecular complexity index is 1080. The van der Waals surface area contributed by atoms with Gasteiger partial charge in [-0.1, -0.05) is 0 Å². The number of rotatable bonds is 3. The number of imidazole rings is 1. The van der Waals surface area contributed by atoms with Crippen molar-refractivity contribution in [3.63, 3.8) is 0 Å². The quantitative estimate of drug-likeness (QED) is 0.614. The smallest absolute Gasteiger partial charge is 0.285 e. The largest absolute Gasteiger partial charge is 0.332 e. The Labute approximate surface area is 147 Å².